The van der Waals surface area contributed by atoms with E-state index >= 15 is 0 Å². The zero-order valence-electron chi connectivity index (χ0n) is 15.9. The number of alkyl halides is 3. The summed E-state index contributed by atoms with van der Waals surface area (Å²) in [6, 6.07) is 3.15. The summed E-state index contributed by atoms with van der Waals surface area (Å²) >= 11 is 0. The molecule has 8 nitrogen and oxygen atoms in total. The maximum absolute atomic E-state index is 12.5. The average molecular weight is 415 g/mol. The van der Waals surface area contributed by atoms with Gasteiger partial charge in [0, 0.05) is 12.2 Å². The minimum atomic E-state index is -4.49. The Hall–Kier alpha value is -3.11. The van der Waals surface area contributed by atoms with Crippen molar-refractivity contribution in [3.8, 4) is 0 Å². The number of rotatable bonds is 6. The number of hydrogen-bond donors (Lipinski definition) is 2. The van der Waals surface area contributed by atoms with Crippen LogP contribution in [-0.4, -0.2) is 46.9 Å². The fourth-order valence-electron chi connectivity index (χ4n) is 2.52. The Balaban J connectivity index is 1.84. The van der Waals surface area contributed by atoms with Crippen molar-refractivity contribution in [1.82, 2.24) is 10.2 Å². The highest BCUT2D eigenvalue weighted by Gasteiger charge is 2.44. The molecule has 1 aromatic carbocycles. The standard InChI is InChI=1S/C18H20F3N3O5/c1-10(14(26)22-12-6-4-11(5-7-12)18(19,20)21)29-13(25)8-9-24-15(27)17(2,3)23-16(24)28/h4-7,10H,8-9H2,1-3H3,(H,22,26)(H,23,28)/t10-/m1/s1. The van der Waals surface area contributed by atoms with Gasteiger partial charge in [-0.05, 0) is 45.0 Å². The van der Waals surface area contributed by atoms with Crippen LogP contribution in [0.25, 0.3) is 0 Å². The smallest absolute Gasteiger partial charge is 0.416 e. The molecule has 0 aromatic heterocycles. The molecule has 158 valence electrons. The molecule has 1 aliphatic rings. The van der Waals surface area contributed by atoms with Gasteiger partial charge >= 0.3 is 18.2 Å². The first-order valence-electron chi connectivity index (χ1n) is 8.63. The number of anilines is 1. The number of halogens is 3. The molecule has 0 bridgehead atoms. The minimum absolute atomic E-state index is 0.104. The summed E-state index contributed by atoms with van der Waals surface area (Å²) in [6.45, 7) is 4.13. The Morgan fingerprint density at radius 2 is 1.79 bits per heavy atom. The Kier molecular flexibility index (Phi) is 6.19. The lowest BCUT2D eigenvalue weighted by atomic mass is 10.1. The van der Waals surface area contributed by atoms with Gasteiger partial charge in [-0.15, -0.1) is 0 Å². The molecule has 0 unspecified atom stereocenters. The van der Waals surface area contributed by atoms with Crippen LogP contribution in [0.5, 0.6) is 0 Å². The number of urea groups is 1. The molecule has 1 saturated heterocycles. The van der Waals surface area contributed by atoms with Gasteiger partial charge in [-0.25, -0.2) is 4.79 Å². The monoisotopic (exact) mass is 415 g/mol. The van der Waals surface area contributed by atoms with Crippen molar-refractivity contribution >= 4 is 29.5 Å². The summed E-state index contributed by atoms with van der Waals surface area (Å²) in [4.78, 5) is 48.6. The van der Waals surface area contributed by atoms with E-state index in [1.165, 1.54) is 20.8 Å². The summed E-state index contributed by atoms with van der Waals surface area (Å²) in [5.74, 6) is -2.04. The molecule has 2 N–H and O–H groups in total. The number of esters is 1. The first kappa shape index (κ1) is 22.2. The lowest BCUT2D eigenvalue weighted by Gasteiger charge is -2.17. The van der Waals surface area contributed by atoms with Crippen LogP contribution >= 0.6 is 0 Å². The Labute approximate surface area is 164 Å². The number of nitrogens with zero attached hydrogens (tertiary/aromatic N) is 1. The molecule has 1 atom stereocenters. The third-order valence-corrected chi connectivity index (χ3v) is 4.14. The molecular weight excluding hydrogens is 395 g/mol. The molecule has 0 radical (unpaired) electrons. The van der Waals surface area contributed by atoms with Crippen molar-refractivity contribution in [3.63, 3.8) is 0 Å². The van der Waals surface area contributed by atoms with Gasteiger partial charge in [0.05, 0.1) is 12.0 Å². The van der Waals surface area contributed by atoms with E-state index in [1.807, 2.05) is 0 Å². The van der Waals surface area contributed by atoms with Gasteiger partial charge in [-0.2, -0.15) is 13.2 Å². The van der Waals surface area contributed by atoms with Gasteiger partial charge in [0.25, 0.3) is 11.8 Å². The molecular formula is C18H20F3N3O5. The van der Waals surface area contributed by atoms with Gasteiger partial charge < -0.3 is 15.4 Å². The SMILES string of the molecule is C[C@@H](OC(=O)CCN1C(=O)NC(C)(C)C1=O)C(=O)Nc1ccc(C(F)(F)F)cc1. The van der Waals surface area contributed by atoms with Crippen molar-refractivity contribution in [2.24, 2.45) is 0 Å². The van der Waals surface area contributed by atoms with Crippen molar-refractivity contribution in [3.05, 3.63) is 29.8 Å². The average Bonchev–Trinajstić information content (AvgIpc) is 2.80. The van der Waals surface area contributed by atoms with Gasteiger partial charge in [0.1, 0.15) is 5.54 Å². The van der Waals surface area contributed by atoms with Gasteiger partial charge in [-0.1, -0.05) is 0 Å². The first-order valence-corrected chi connectivity index (χ1v) is 8.63. The highest BCUT2D eigenvalue weighted by Crippen LogP contribution is 2.29. The van der Waals surface area contributed by atoms with Crippen LogP contribution in [0.2, 0.25) is 0 Å². The molecule has 1 aliphatic heterocycles. The number of carbonyl (C=O) groups is 4. The lowest BCUT2D eigenvalue weighted by Crippen LogP contribution is -2.40. The molecule has 1 heterocycles. The van der Waals surface area contributed by atoms with Gasteiger partial charge in [0.2, 0.25) is 0 Å². The molecule has 2 rings (SSSR count). The molecule has 0 spiro atoms. The second-order valence-corrected chi connectivity index (χ2v) is 6.96. The van der Waals surface area contributed by atoms with Crippen LogP contribution in [0.1, 0.15) is 32.8 Å². The zero-order valence-corrected chi connectivity index (χ0v) is 15.9. The fourth-order valence-corrected chi connectivity index (χ4v) is 2.52. The molecule has 0 saturated carbocycles. The molecule has 11 heteroatoms. The maximum Gasteiger partial charge on any atom is 0.416 e. The number of imide groups is 1. The highest BCUT2D eigenvalue weighted by molar-refractivity contribution is 6.06. The quantitative estimate of drug-likeness (QED) is 0.548. The van der Waals surface area contributed by atoms with Gasteiger partial charge in [0.15, 0.2) is 6.10 Å². The summed E-state index contributed by atoms with van der Waals surface area (Å²) in [5.41, 5.74) is -1.82. The third kappa shape index (κ3) is 5.46. The predicted molar refractivity (Wildman–Crippen MR) is 94.6 cm³/mol. The second-order valence-electron chi connectivity index (χ2n) is 6.96. The number of benzene rings is 1. The Morgan fingerprint density at radius 1 is 1.21 bits per heavy atom. The fraction of sp³-hybridized carbons (Fsp3) is 0.444. The Morgan fingerprint density at radius 3 is 2.28 bits per heavy atom. The largest absolute Gasteiger partial charge is 0.452 e. The maximum atomic E-state index is 12.5. The van der Waals surface area contributed by atoms with Crippen LogP contribution in [0, 0.1) is 0 Å². The van der Waals surface area contributed by atoms with Crippen LogP contribution in [-0.2, 0) is 25.3 Å². The van der Waals surface area contributed by atoms with Crippen molar-refractivity contribution in [2.75, 3.05) is 11.9 Å². The van der Waals surface area contributed by atoms with Crippen molar-refractivity contribution in [1.29, 1.82) is 0 Å². The van der Waals surface area contributed by atoms with Crippen molar-refractivity contribution < 1.29 is 37.1 Å². The summed E-state index contributed by atoms with van der Waals surface area (Å²) in [6.07, 6.45) is -6.04. The number of hydrogen-bond acceptors (Lipinski definition) is 5. The second kappa shape index (κ2) is 8.10. The molecule has 1 aromatic rings. The van der Waals surface area contributed by atoms with Gasteiger partial charge in [-0.3, -0.25) is 19.3 Å². The van der Waals surface area contributed by atoms with Crippen LogP contribution in [0.4, 0.5) is 23.7 Å². The summed E-state index contributed by atoms with van der Waals surface area (Å²) in [5, 5.41) is 4.80. The lowest BCUT2D eigenvalue weighted by molar-refractivity contribution is -0.153. The van der Waals surface area contributed by atoms with Crippen LogP contribution < -0.4 is 10.6 Å². The molecule has 0 aliphatic carbocycles. The summed E-state index contributed by atoms with van der Waals surface area (Å²) < 4.78 is 42.5. The van der Waals surface area contributed by atoms with E-state index in [2.05, 4.69) is 10.6 Å². The van der Waals surface area contributed by atoms with E-state index in [9.17, 15) is 32.3 Å². The van der Waals surface area contributed by atoms with E-state index < -0.39 is 47.2 Å². The van der Waals surface area contributed by atoms with Crippen LogP contribution in [0.3, 0.4) is 0 Å². The molecule has 1 fully saturated rings. The zero-order chi connectivity index (χ0) is 22.0. The molecule has 4 amide bonds. The van der Waals surface area contributed by atoms with Crippen LogP contribution in [0.15, 0.2) is 24.3 Å². The number of ether oxygens (including phenoxy) is 1. The highest BCUT2D eigenvalue weighted by atomic mass is 19.4. The normalized spacial score (nSPS) is 17.0. The number of nitrogens with one attached hydrogen (secondary N) is 2. The van der Waals surface area contributed by atoms with E-state index in [0.29, 0.717) is 0 Å². The predicted octanol–water partition coefficient (Wildman–Crippen LogP) is 2.30. The van der Waals surface area contributed by atoms with E-state index in [4.69, 9.17) is 4.74 Å². The third-order valence-electron chi connectivity index (χ3n) is 4.14. The van der Waals surface area contributed by atoms with Crippen molar-refractivity contribution in [2.45, 2.75) is 45.0 Å². The number of amides is 4. The first-order chi connectivity index (χ1) is 13.3. The minimum Gasteiger partial charge on any atom is -0.452 e. The Bertz CT molecular complexity index is 821. The summed E-state index contributed by atoms with van der Waals surface area (Å²) in [7, 11) is 0. The molecule has 29 heavy (non-hydrogen) atoms. The number of carbonyl (C=O) groups excluding carboxylic acids is 4. The van der Waals surface area contributed by atoms with E-state index in [1.54, 1.807) is 0 Å². The van der Waals surface area contributed by atoms with E-state index in [0.717, 1.165) is 29.2 Å². The van der Waals surface area contributed by atoms with E-state index in [-0.39, 0.29) is 18.7 Å². The topological polar surface area (TPSA) is 105 Å².